The van der Waals surface area contributed by atoms with Crippen molar-refractivity contribution in [3.05, 3.63) is 77.6 Å². The predicted octanol–water partition coefficient (Wildman–Crippen LogP) is 3.63. The fourth-order valence-corrected chi connectivity index (χ4v) is 4.34. The number of hydrogen-bond acceptors (Lipinski definition) is 4. The number of aromatic amines is 1. The molecule has 142 valence electrons. The second kappa shape index (κ2) is 6.80. The van der Waals surface area contributed by atoms with Gasteiger partial charge in [-0.25, -0.2) is 9.97 Å². The molecule has 2 aromatic heterocycles. The highest BCUT2D eigenvalue weighted by atomic mass is 16.3. The molecule has 6 heteroatoms. The summed E-state index contributed by atoms with van der Waals surface area (Å²) in [6, 6.07) is 15.8. The van der Waals surface area contributed by atoms with E-state index in [2.05, 4.69) is 50.6 Å². The summed E-state index contributed by atoms with van der Waals surface area (Å²) in [5.41, 5.74) is 5.47. The largest absolute Gasteiger partial charge is 0.508 e. The van der Waals surface area contributed by atoms with Gasteiger partial charge in [0.05, 0.1) is 35.6 Å². The van der Waals surface area contributed by atoms with Crippen LogP contribution in [0.25, 0.3) is 11.0 Å². The first-order valence-electron chi connectivity index (χ1n) is 9.74. The van der Waals surface area contributed by atoms with Crippen LogP contribution < -0.4 is 0 Å². The molecule has 1 atom stereocenters. The number of nitrogens with zero attached hydrogens (tertiary/aromatic N) is 4. The minimum atomic E-state index is -0.00721. The van der Waals surface area contributed by atoms with Crippen LogP contribution in [-0.2, 0) is 19.5 Å². The summed E-state index contributed by atoms with van der Waals surface area (Å²) in [7, 11) is 0. The van der Waals surface area contributed by atoms with Crippen LogP contribution in [0, 0.1) is 0 Å². The van der Waals surface area contributed by atoms with Crippen LogP contribution >= 0.6 is 0 Å². The van der Waals surface area contributed by atoms with Crippen molar-refractivity contribution in [2.75, 3.05) is 6.54 Å². The molecule has 1 aliphatic rings. The maximum atomic E-state index is 10.0. The van der Waals surface area contributed by atoms with Crippen LogP contribution in [0.15, 0.2) is 54.9 Å². The number of aromatic nitrogens is 4. The number of H-pyrrole nitrogens is 1. The standard InChI is InChI=1S/C22H23N5O/c1-2-27-19-9-4-3-8-17(19)25-20(27)13-26-11-10-18-21(24-14-23-18)22(26)15-6-5-7-16(28)12-15/h3-9,12,14,22,28H,2,10-11,13H2,1H3,(H,23,24)/t22-/m0/s1. The van der Waals surface area contributed by atoms with E-state index in [0.717, 1.165) is 48.7 Å². The zero-order valence-electron chi connectivity index (χ0n) is 15.8. The number of aryl methyl sites for hydroxylation is 1. The predicted molar refractivity (Wildman–Crippen MR) is 108 cm³/mol. The Hall–Kier alpha value is -3.12. The molecule has 0 aliphatic carbocycles. The molecule has 3 heterocycles. The van der Waals surface area contributed by atoms with Crippen LogP contribution in [0.2, 0.25) is 0 Å². The molecular formula is C22H23N5O. The highest BCUT2D eigenvalue weighted by molar-refractivity contribution is 5.75. The third-order valence-corrected chi connectivity index (χ3v) is 5.61. The van der Waals surface area contributed by atoms with Gasteiger partial charge in [0.1, 0.15) is 11.6 Å². The quantitative estimate of drug-likeness (QED) is 0.573. The van der Waals surface area contributed by atoms with Crippen LogP contribution in [0.4, 0.5) is 0 Å². The summed E-state index contributed by atoms with van der Waals surface area (Å²) >= 11 is 0. The number of hydrogen-bond donors (Lipinski definition) is 2. The second-order valence-electron chi connectivity index (χ2n) is 7.25. The minimum absolute atomic E-state index is 0.00721. The van der Waals surface area contributed by atoms with Gasteiger partial charge in [0, 0.05) is 25.2 Å². The summed E-state index contributed by atoms with van der Waals surface area (Å²) in [6.07, 6.45) is 2.70. The average Bonchev–Trinajstić information content (AvgIpc) is 3.31. The van der Waals surface area contributed by atoms with Crippen molar-refractivity contribution in [2.45, 2.75) is 32.5 Å². The Morgan fingerprint density at radius 2 is 2.07 bits per heavy atom. The van der Waals surface area contributed by atoms with Crippen molar-refractivity contribution in [3.63, 3.8) is 0 Å². The molecule has 0 saturated carbocycles. The number of imidazole rings is 2. The summed E-state index contributed by atoms with van der Waals surface area (Å²) in [6.45, 7) is 4.68. The van der Waals surface area contributed by atoms with Gasteiger partial charge < -0.3 is 14.7 Å². The molecule has 1 aliphatic heterocycles. The second-order valence-corrected chi connectivity index (χ2v) is 7.25. The van der Waals surface area contributed by atoms with Gasteiger partial charge in [-0.05, 0) is 36.8 Å². The molecule has 0 spiro atoms. The average molecular weight is 373 g/mol. The van der Waals surface area contributed by atoms with E-state index in [1.54, 1.807) is 12.4 Å². The Bertz CT molecular complexity index is 1130. The van der Waals surface area contributed by atoms with Crippen LogP contribution in [0.5, 0.6) is 5.75 Å². The van der Waals surface area contributed by atoms with Crippen LogP contribution in [0.3, 0.4) is 0 Å². The maximum Gasteiger partial charge on any atom is 0.124 e. The normalized spacial score (nSPS) is 17.1. The third-order valence-electron chi connectivity index (χ3n) is 5.61. The molecule has 2 N–H and O–H groups in total. The molecule has 0 radical (unpaired) electrons. The van der Waals surface area contributed by atoms with E-state index in [1.165, 1.54) is 11.2 Å². The van der Waals surface area contributed by atoms with Gasteiger partial charge in [-0.2, -0.15) is 0 Å². The van der Waals surface area contributed by atoms with E-state index in [1.807, 2.05) is 18.2 Å². The van der Waals surface area contributed by atoms with Crippen LogP contribution in [-0.4, -0.2) is 36.1 Å². The molecule has 6 nitrogen and oxygen atoms in total. The number of phenolic OH excluding ortho intramolecular Hbond substituents is 1. The highest BCUT2D eigenvalue weighted by Gasteiger charge is 2.32. The van der Waals surface area contributed by atoms with Crippen molar-refractivity contribution in [1.82, 2.24) is 24.4 Å². The van der Waals surface area contributed by atoms with Crippen molar-refractivity contribution >= 4 is 11.0 Å². The van der Waals surface area contributed by atoms with Gasteiger partial charge in [-0.1, -0.05) is 24.3 Å². The SMILES string of the molecule is CCn1c(CN2CCc3[nH]cnc3[C@@H]2c2cccc(O)c2)nc2ccccc21. The molecule has 28 heavy (non-hydrogen) atoms. The summed E-state index contributed by atoms with van der Waals surface area (Å²) in [5, 5.41) is 10.0. The lowest BCUT2D eigenvalue weighted by molar-refractivity contribution is 0.193. The van der Waals surface area contributed by atoms with E-state index in [-0.39, 0.29) is 11.8 Å². The van der Waals surface area contributed by atoms with E-state index in [4.69, 9.17) is 4.98 Å². The molecule has 4 aromatic rings. The Labute approximate surface area is 163 Å². The van der Waals surface area contributed by atoms with Crippen LogP contribution in [0.1, 0.15) is 35.7 Å². The van der Waals surface area contributed by atoms with E-state index >= 15 is 0 Å². The fourth-order valence-electron chi connectivity index (χ4n) is 4.34. The monoisotopic (exact) mass is 373 g/mol. The molecule has 0 amide bonds. The molecule has 0 fully saturated rings. The van der Waals surface area contributed by atoms with Gasteiger partial charge in [0.2, 0.25) is 0 Å². The summed E-state index contributed by atoms with van der Waals surface area (Å²) in [5.74, 6) is 1.34. The van der Waals surface area contributed by atoms with Crippen molar-refractivity contribution in [1.29, 1.82) is 0 Å². The molecular weight excluding hydrogens is 350 g/mol. The van der Waals surface area contributed by atoms with Crippen molar-refractivity contribution in [2.24, 2.45) is 0 Å². The Kier molecular flexibility index (Phi) is 4.13. The molecule has 5 rings (SSSR count). The highest BCUT2D eigenvalue weighted by Crippen LogP contribution is 2.35. The lowest BCUT2D eigenvalue weighted by Gasteiger charge is -2.35. The summed E-state index contributed by atoms with van der Waals surface area (Å²) < 4.78 is 2.29. The molecule has 0 saturated heterocycles. The maximum absolute atomic E-state index is 10.0. The van der Waals surface area contributed by atoms with Gasteiger partial charge >= 0.3 is 0 Å². The zero-order chi connectivity index (χ0) is 19.1. The number of rotatable bonds is 4. The number of para-hydroxylation sites is 2. The first-order chi connectivity index (χ1) is 13.7. The number of benzene rings is 2. The van der Waals surface area contributed by atoms with Gasteiger partial charge in [0.25, 0.3) is 0 Å². The Balaban J connectivity index is 1.57. The van der Waals surface area contributed by atoms with Gasteiger partial charge in [0.15, 0.2) is 0 Å². The fraction of sp³-hybridized carbons (Fsp3) is 0.273. The molecule has 2 aromatic carbocycles. The van der Waals surface area contributed by atoms with Gasteiger partial charge in [-0.15, -0.1) is 0 Å². The van der Waals surface area contributed by atoms with E-state index < -0.39 is 0 Å². The zero-order valence-corrected chi connectivity index (χ0v) is 15.8. The first-order valence-corrected chi connectivity index (χ1v) is 9.74. The molecule has 0 bridgehead atoms. The van der Waals surface area contributed by atoms with Gasteiger partial charge in [-0.3, -0.25) is 4.90 Å². The lowest BCUT2D eigenvalue weighted by atomic mass is 9.95. The number of nitrogens with one attached hydrogen (secondary N) is 1. The van der Waals surface area contributed by atoms with E-state index in [9.17, 15) is 5.11 Å². The topological polar surface area (TPSA) is 70.0 Å². The van der Waals surface area contributed by atoms with E-state index in [0.29, 0.717) is 0 Å². The molecule has 0 unspecified atom stereocenters. The number of fused-ring (bicyclic) bond motifs is 2. The number of phenols is 1. The first kappa shape index (κ1) is 17.0. The van der Waals surface area contributed by atoms with Crippen molar-refractivity contribution in [3.8, 4) is 5.75 Å². The third kappa shape index (κ3) is 2.77. The smallest absolute Gasteiger partial charge is 0.124 e. The Morgan fingerprint density at radius 3 is 2.93 bits per heavy atom. The minimum Gasteiger partial charge on any atom is -0.508 e. The number of aromatic hydroxyl groups is 1. The van der Waals surface area contributed by atoms with Crippen molar-refractivity contribution < 1.29 is 5.11 Å². The lowest BCUT2D eigenvalue weighted by Crippen LogP contribution is -2.36. The summed E-state index contributed by atoms with van der Waals surface area (Å²) in [4.78, 5) is 15.2. The Morgan fingerprint density at radius 1 is 1.18 bits per heavy atom.